The summed E-state index contributed by atoms with van der Waals surface area (Å²) >= 11 is 7.92. The van der Waals surface area contributed by atoms with Gasteiger partial charge in [-0.3, -0.25) is 4.57 Å². The molecule has 1 saturated carbocycles. The third kappa shape index (κ3) is 4.47. The van der Waals surface area contributed by atoms with Gasteiger partial charge in [0.05, 0.1) is 5.02 Å². The minimum absolute atomic E-state index is 0.372. The van der Waals surface area contributed by atoms with Crippen molar-refractivity contribution in [1.29, 1.82) is 0 Å². The number of rotatable bonds is 7. The fourth-order valence-corrected chi connectivity index (χ4v) is 4.35. The topological polar surface area (TPSA) is 39.9 Å². The smallest absolute Gasteiger partial charge is 0.191 e. The highest BCUT2D eigenvalue weighted by molar-refractivity contribution is 7.98. The molecule has 1 aromatic heterocycles. The molecule has 6 heteroatoms. The van der Waals surface area contributed by atoms with Gasteiger partial charge < -0.3 is 4.74 Å². The van der Waals surface area contributed by atoms with E-state index in [2.05, 4.69) is 46.8 Å². The van der Waals surface area contributed by atoms with Gasteiger partial charge in [0.1, 0.15) is 12.4 Å². The highest BCUT2D eigenvalue weighted by Crippen LogP contribution is 2.39. The molecule has 3 aromatic rings. The van der Waals surface area contributed by atoms with Crippen LogP contribution >= 0.6 is 23.4 Å². The molecule has 0 atom stereocenters. The van der Waals surface area contributed by atoms with Crippen LogP contribution in [-0.2, 0) is 12.4 Å². The van der Waals surface area contributed by atoms with Crippen LogP contribution in [0.25, 0.3) is 0 Å². The molecular formula is C21H22ClN3OS. The van der Waals surface area contributed by atoms with Crippen molar-refractivity contribution in [2.45, 2.75) is 50.2 Å². The second kappa shape index (κ2) is 7.95. The van der Waals surface area contributed by atoms with Crippen LogP contribution in [0.2, 0.25) is 5.02 Å². The Bertz CT molecular complexity index is 932. The Hall–Kier alpha value is -1.98. The first-order valence-electron chi connectivity index (χ1n) is 9.11. The fourth-order valence-electron chi connectivity index (χ4n) is 3.21. The molecule has 4 nitrogen and oxygen atoms in total. The van der Waals surface area contributed by atoms with Crippen molar-refractivity contribution in [3.05, 3.63) is 70.0 Å². The van der Waals surface area contributed by atoms with E-state index < -0.39 is 0 Å². The lowest BCUT2D eigenvalue weighted by atomic mass is 10.1. The third-order valence-electron chi connectivity index (χ3n) is 4.49. The first-order valence-corrected chi connectivity index (χ1v) is 10.5. The molecule has 0 amide bonds. The molecule has 0 bridgehead atoms. The molecule has 0 spiro atoms. The van der Waals surface area contributed by atoms with Gasteiger partial charge in [-0.15, -0.1) is 10.2 Å². The van der Waals surface area contributed by atoms with Crippen molar-refractivity contribution in [3.8, 4) is 5.75 Å². The van der Waals surface area contributed by atoms with E-state index in [1.54, 1.807) is 11.8 Å². The lowest BCUT2D eigenvalue weighted by molar-refractivity contribution is 0.288. The Morgan fingerprint density at radius 1 is 1.11 bits per heavy atom. The van der Waals surface area contributed by atoms with Gasteiger partial charge >= 0.3 is 0 Å². The van der Waals surface area contributed by atoms with Crippen molar-refractivity contribution < 1.29 is 4.74 Å². The second-order valence-corrected chi connectivity index (χ2v) is 8.35. The monoisotopic (exact) mass is 399 g/mol. The summed E-state index contributed by atoms with van der Waals surface area (Å²) in [5.74, 6) is 2.42. The molecular weight excluding hydrogens is 378 g/mol. The number of ether oxygens (including phenoxy) is 1. The molecule has 140 valence electrons. The van der Waals surface area contributed by atoms with Gasteiger partial charge in [0, 0.05) is 11.8 Å². The molecule has 1 fully saturated rings. The van der Waals surface area contributed by atoms with Crippen LogP contribution < -0.4 is 4.74 Å². The minimum Gasteiger partial charge on any atom is -0.484 e. The van der Waals surface area contributed by atoms with Gasteiger partial charge in [-0.1, -0.05) is 64.8 Å². The predicted molar refractivity (Wildman–Crippen MR) is 110 cm³/mol. The van der Waals surface area contributed by atoms with Crippen LogP contribution in [0.15, 0.2) is 47.6 Å². The Morgan fingerprint density at radius 2 is 1.85 bits per heavy atom. The molecule has 4 rings (SSSR count). The third-order valence-corrected chi connectivity index (χ3v) is 5.82. The first kappa shape index (κ1) is 18.4. The molecule has 2 aromatic carbocycles. The number of benzene rings is 2. The molecule has 1 aliphatic rings. The number of para-hydroxylation sites is 1. The highest BCUT2D eigenvalue weighted by atomic mass is 35.5. The van der Waals surface area contributed by atoms with Gasteiger partial charge in [-0.2, -0.15) is 0 Å². The summed E-state index contributed by atoms with van der Waals surface area (Å²) < 4.78 is 8.12. The van der Waals surface area contributed by atoms with Crippen molar-refractivity contribution in [3.63, 3.8) is 0 Å². The Kier molecular flexibility index (Phi) is 5.41. The summed E-state index contributed by atoms with van der Waals surface area (Å²) in [6.07, 6.45) is 2.35. The van der Waals surface area contributed by atoms with Crippen molar-refractivity contribution >= 4 is 23.4 Å². The quantitative estimate of drug-likeness (QED) is 0.474. The number of hydrogen-bond acceptors (Lipinski definition) is 4. The Morgan fingerprint density at radius 3 is 2.56 bits per heavy atom. The summed E-state index contributed by atoms with van der Waals surface area (Å²) in [7, 11) is 0. The van der Waals surface area contributed by atoms with E-state index in [1.165, 1.54) is 29.5 Å². The molecule has 0 aliphatic heterocycles. The maximum atomic E-state index is 6.18. The van der Waals surface area contributed by atoms with E-state index in [0.717, 1.165) is 16.7 Å². The molecule has 0 unspecified atom stereocenters. The normalized spacial score (nSPS) is 13.7. The van der Waals surface area contributed by atoms with E-state index in [9.17, 15) is 0 Å². The zero-order valence-corrected chi connectivity index (χ0v) is 17.1. The standard InChI is InChI=1S/C21H22ClN3OS/c1-14-9-15(2)11-16(10-14)13-27-21-24-23-20(25(21)17-7-8-17)12-26-19-6-4-3-5-18(19)22/h3-6,9-11,17H,7-8,12-13H2,1-2H3. The van der Waals surface area contributed by atoms with Gasteiger partial charge in [-0.05, 0) is 44.4 Å². The maximum Gasteiger partial charge on any atom is 0.191 e. The highest BCUT2D eigenvalue weighted by Gasteiger charge is 2.29. The zero-order chi connectivity index (χ0) is 18.8. The number of hydrogen-bond donors (Lipinski definition) is 0. The second-order valence-electron chi connectivity index (χ2n) is 7.00. The van der Waals surface area contributed by atoms with Crippen LogP contribution in [-0.4, -0.2) is 14.8 Å². The number of halogens is 1. The van der Waals surface area contributed by atoms with Crippen molar-refractivity contribution in [1.82, 2.24) is 14.8 Å². The molecule has 0 saturated heterocycles. The molecule has 1 aliphatic carbocycles. The summed E-state index contributed by atoms with van der Waals surface area (Å²) in [6.45, 7) is 4.65. The number of nitrogens with zero attached hydrogens (tertiary/aromatic N) is 3. The van der Waals surface area contributed by atoms with Crippen LogP contribution in [0.4, 0.5) is 0 Å². The van der Waals surface area contributed by atoms with E-state index in [0.29, 0.717) is 23.4 Å². The number of thioether (sulfide) groups is 1. The first-order chi connectivity index (χ1) is 13.1. The summed E-state index contributed by atoms with van der Waals surface area (Å²) in [5, 5.41) is 10.4. The summed E-state index contributed by atoms with van der Waals surface area (Å²) in [4.78, 5) is 0. The van der Waals surface area contributed by atoms with E-state index in [4.69, 9.17) is 16.3 Å². The van der Waals surface area contributed by atoms with Crippen molar-refractivity contribution in [2.24, 2.45) is 0 Å². The van der Waals surface area contributed by atoms with E-state index >= 15 is 0 Å². The maximum absolute atomic E-state index is 6.18. The average Bonchev–Trinajstić information content (AvgIpc) is 3.39. The van der Waals surface area contributed by atoms with Gasteiger partial charge in [-0.25, -0.2) is 0 Å². The Labute approximate surface area is 168 Å². The van der Waals surface area contributed by atoms with Gasteiger partial charge in [0.25, 0.3) is 0 Å². The molecule has 0 radical (unpaired) electrons. The lowest BCUT2D eigenvalue weighted by Crippen LogP contribution is -2.07. The minimum atomic E-state index is 0.372. The van der Waals surface area contributed by atoms with Gasteiger partial charge in [0.2, 0.25) is 0 Å². The lowest BCUT2D eigenvalue weighted by Gasteiger charge is -2.11. The molecule has 0 N–H and O–H groups in total. The van der Waals surface area contributed by atoms with Crippen LogP contribution in [0.5, 0.6) is 5.75 Å². The predicted octanol–water partition coefficient (Wildman–Crippen LogP) is 5.75. The number of aromatic nitrogens is 3. The summed E-state index contributed by atoms with van der Waals surface area (Å²) in [5.41, 5.74) is 3.91. The van der Waals surface area contributed by atoms with Crippen LogP contribution in [0, 0.1) is 13.8 Å². The largest absolute Gasteiger partial charge is 0.484 e. The number of aryl methyl sites for hydroxylation is 2. The zero-order valence-electron chi connectivity index (χ0n) is 15.5. The average molecular weight is 400 g/mol. The summed E-state index contributed by atoms with van der Waals surface area (Å²) in [6, 6.07) is 14.7. The van der Waals surface area contributed by atoms with Crippen LogP contribution in [0.3, 0.4) is 0 Å². The Balaban J connectivity index is 1.48. The van der Waals surface area contributed by atoms with Crippen molar-refractivity contribution in [2.75, 3.05) is 0 Å². The molecule has 1 heterocycles. The SMILES string of the molecule is Cc1cc(C)cc(CSc2nnc(COc3ccccc3Cl)n2C2CC2)c1. The van der Waals surface area contributed by atoms with E-state index in [-0.39, 0.29) is 0 Å². The fraction of sp³-hybridized carbons (Fsp3) is 0.333. The van der Waals surface area contributed by atoms with Crippen LogP contribution in [0.1, 0.15) is 41.4 Å². The van der Waals surface area contributed by atoms with Gasteiger partial charge in [0.15, 0.2) is 11.0 Å². The molecule has 27 heavy (non-hydrogen) atoms. The van der Waals surface area contributed by atoms with E-state index in [1.807, 2.05) is 24.3 Å².